The van der Waals surface area contributed by atoms with Gasteiger partial charge in [0, 0.05) is 17.1 Å². The standard InChI is InChI=1S/C24H29N3O3S2/c1-24(2,3)14-9-10-15-18(13-14)32-21(20(15)22(29)30-4)27-19(28)11-12-31-23-25-16-7-5-6-8-17(16)26-23/h5-8,14H,9-13H2,1-4H3,(H,25,26)(H,27,28). The van der Waals surface area contributed by atoms with Crippen molar-refractivity contribution in [1.29, 1.82) is 0 Å². The van der Waals surface area contributed by atoms with Crippen LogP contribution in [-0.2, 0) is 22.4 Å². The normalized spacial score (nSPS) is 16.1. The first-order valence-corrected chi connectivity index (χ1v) is 12.7. The molecule has 0 spiro atoms. The van der Waals surface area contributed by atoms with Gasteiger partial charge in [-0.05, 0) is 48.3 Å². The minimum atomic E-state index is -0.372. The number of aromatic amines is 1. The van der Waals surface area contributed by atoms with Gasteiger partial charge in [-0.25, -0.2) is 9.78 Å². The molecule has 0 fully saturated rings. The Morgan fingerprint density at radius 2 is 2.09 bits per heavy atom. The topological polar surface area (TPSA) is 84.1 Å². The van der Waals surface area contributed by atoms with Crippen molar-refractivity contribution in [2.24, 2.45) is 11.3 Å². The smallest absolute Gasteiger partial charge is 0.341 e. The van der Waals surface area contributed by atoms with E-state index in [9.17, 15) is 9.59 Å². The molecule has 0 bridgehead atoms. The monoisotopic (exact) mass is 471 g/mol. The molecule has 2 aromatic heterocycles. The Kier molecular flexibility index (Phi) is 6.62. The number of aromatic nitrogens is 2. The Bertz CT molecular complexity index is 1110. The minimum Gasteiger partial charge on any atom is -0.465 e. The van der Waals surface area contributed by atoms with Crippen LogP contribution in [0.15, 0.2) is 29.4 Å². The third-order valence-corrected chi connectivity index (χ3v) is 8.11. The summed E-state index contributed by atoms with van der Waals surface area (Å²) < 4.78 is 5.04. The predicted octanol–water partition coefficient (Wildman–Crippen LogP) is 5.68. The average molecular weight is 472 g/mol. The average Bonchev–Trinajstić information content (AvgIpc) is 3.32. The van der Waals surface area contributed by atoms with Crippen LogP contribution in [0.3, 0.4) is 0 Å². The first kappa shape index (κ1) is 22.9. The van der Waals surface area contributed by atoms with Crippen LogP contribution in [0.1, 0.15) is 54.4 Å². The number of carbonyl (C=O) groups excluding carboxylic acids is 2. The van der Waals surface area contributed by atoms with Crippen LogP contribution < -0.4 is 5.32 Å². The number of thioether (sulfide) groups is 1. The highest BCUT2D eigenvalue weighted by Crippen LogP contribution is 2.44. The highest BCUT2D eigenvalue weighted by atomic mass is 32.2. The Hall–Kier alpha value is -2.32. The second-order valence-corrected chi connectivity index (χ2v) is 11.4. The maximum atomic E-state index is 12.7. The Labute approximate surface area is 196 Å². The third-order valence-electron chi connectivity index (χ3n) is 6.07. The third kappa shape index (κ3) is 4.86. The minimum absolute atomic E-state index is 0.107. The Morgan fingerprint density at radius 1 is 1.31 bits per heavy atom. The molecule has 6 nitrogen and oxygen atoms in total. The molecule has 170 valence electrons. The lowest BCUT2D eigenvalue weighted by Crippen LogP contribution is -2.26. The van der Waals surface area contributed by atoms with Gasteiger partial charge in [0.1, 0.15) is 5.00 Å². The van der Waals surface area contributed by atoms with E-state index in [4.69, 9.17) is 4.74 Å². The zero-order valence-corrected chi connectivity index (χ0v) is 20.5. The first-order valence-electron chi connectivity index (χ1n) is 10.9. The largest absolute Gasteiger partial charge is 0.465 e. The van der Waals surface area contributed by atoms with E-state index in [0.717, 1.165) is 41.0 Å². The van der Waals surface area contributed by atoms with Crippen LogP contribution in [0.5, 0.6) is 0 Å². The number of carbonyl (C=O) groups is 2. The number of methoxy groups -OCH3 is 1. The fourth-order valence-corrected chi connectivity index (χ4v) is 6.32. The maximum Gasteiger partial charge on any atom is 0.341 e. The number of esters is 1. The lowest BCUT2D eigenvalue weighted by molar-refractivity contribution is -0.115. The van der Waals surface area contributed by atoms with Crippen molar-refractivity contribution in [3.8, 4) is 0 Å². The number of hydrogen-bond acceptors (Lipinski definition) is 6. The number of imidazole rings is 1. The molecule has 1 atom stereocenters. The van der Waals surface area contributed by atoms with Crippen molar-refractivity contribution < 1.29 is 14.3 Å². The fourth-order valence-electron chi connectivity index (χ4n) is 4.16. The zero-order valence-electron chi connectivity index (χ0n) is 18.9. The van der Waals surface area contributed by atoms with Crippen molar-refractivity contribution in [1.82, 2.24) is 9.97 Å². The molecule has 4 rings (SSSR count). The molecule has 0 saturated carbocycles. The number of nitrogens with one attached hydrogen (secondary N) is 2. The van der Waals surface area contributed by atoms with Gasteiger partial charge in [-0.1, -0.05) is 44.7 Å². The van der Waals surface area contributed by atoms with Crippen molar-refractivity contribution in [3.05, 3.63) is 40.3 Å². The van der Waals surface area contributed by atoms with Crippen molar-refractivity contribution in [3.63, 3.8) is 0 Å². The number of anilines is 1. The SMILES string of the molecule is COC(=O)c1c(NC(=O)CCSc2nc3ccccc3[nH]2)sc2c1CCC(C(C)(C)C)C2. The number of rotatable bonds is 6. The van der Waals surface area contributed by atoms with Gasteiger partial charge in [0.25, 0.3) is 0 Å². The molecule has 1 unspecified atom stereocenters. The summed E-state index contributed by atoms with van der Waals surface area (Å²) in [5.41, 5.74) is 3.71. The van der Waals surface area contributed by atoms with Crippen LogP contribution >= 0.6 is 23.1 Å². The van der Waals surface area contributed by atoms with Gasteiger partial charge in [-0.3, -0.25) is 4.79 Å². The van der Waals surface area contributed by atoms with Gasteiger partial charge in [0.05, 0.1) is 23.7 Å². The van der Waals surface area contributed by atoms with E-state index >= 15 is 0 Å². The number of benzene rings is 1. The molecule has 8 heteroatoms. The molecule has 0 radical (unpaired) electrons. The quantitative estimate of drug-likeness (QED) is 0.357. The molecule has 1 amide bonds. The molecule has 2 heterocycles. The van der Waals surface area contributed by atoms with Gasteiger partial charge < -0.3 is 15.0 Å². The number of H-pyrrole nitrogens is 1. The second kappa shape index (κ2) is 9.27. The molecular formula is C24H29N3O3S2. The second-order valence-electron chi connectivity index (χ2n) is 9.21. The van der Waals surface area contributed by atoms with E-state index in [1.807, 2.05) is 24.3 Å². The van der Waals surface area contributed by atoms with Gasteiger partial charge in [-0.2, -0.15) is 0 Å². The van der Waals surface area contributed by atoms with Crippen molar-refractivity contribution in [2.75, 3.05) is 18.2 Å². The molecule has 32 heavy (non-hydrogen) atoms. The Balaban J connectivity index is 1.43. The van der Waals surface area contributed by atoms with Crippen molar-refractivity contribution >= 4 is 51.0 Å². The van der Waals surface area contributed by atoms with E-state index in [1.54, 1.807) is 0 Å². The van der Waals surface area contributed by atoms with Gasteiger partial charge in [0.15, 0.2) is 5.16 Å². The number of amides is 1. The van der Waals surface area contributed by atoms with Gasteiger partial charge in [0.2, 0.25) is 5.91 Å². The molecule has 0 aliphatic heterocycles. The summed E-state index contributed by atoms with van der Waals surface area (Å²) >= 11 is 3.04. The van der Waals surface area contributed by atoms with Crippen LogP contribution in [-0.4, -0.2) is 34.7 Å². The molecular weight excluding hydrogens is 442 g/mol. The van der Waals surface area contributed by atoms with Gasteiger partial charge in [-0.15, -0.1) is 11.3 Å². The van der Waals surface area contributed by atoms with Crippen LogP contribution in [0, 0.1) is 11.3 Å². The molecule has 0 saturated heterocycles. The van der Waals surface area contributed by atoms with E-state index in [1.165, 1.54) is 35.1 Å². The number of thiophene rings is 1. The van der Waals surface area contributed by atoms with Crippen molar-refractivity contribution in [2.45, 2.75) is 51.6 Å². The predicted molar refractivity (Wildman–Crippen MR) is 131 cm³/mol. The summed E-state index contributed by atoms with van der Waals surface area (Å²) in [4.78, 5) is 34.2. The number of nitrogens with zero attached hydrogens (tertiary/aromatic N) is 1. The number of ether oxygens (including phenoxy) is 1. The van der Waals surface area contributed by atoms with Crippen LogP contribution in [0.25, 0.3) is 11.0 Å². The maximum absolute atomic E-state index is 12.7. The zero-order chi connectivity index (χ0) is 22.9. The summed E-state index contributed by atoms with van der Waals surface area (Å²) in [5.74, 6) is 0.674. The molecule has 2 N–H and O–H groups in total. The van der Waals surface area contributed by atoms with E-state index < -0.39 is 0 Å². The highest BCUT2D eigenvalue weighted by molar-refractivity contribution is 7.99. The van der Waals surface area contributed by atoms with Crippen LogP contribution in [0.2, 0.25) is 0 Å². The van der Waals surface area contributed by atoms with E-state index in [2.05, 4.69) is 36.1 Å². The number of para-hydroxylation sites is 2. The summed E-state index contributed by atoms with van der Waals surface area (Å²) in [7, 11) is 1.39. The molecule has 1 aliphatic rings. The highest BCUT2D eigenvalue weighted by Gasteiger charge is 2.34. The summed E-state index contributed by atoms with van der Waals surface area (Å²) in [6.07, 6.45) is 3.15. The lowest BCUT2D eigenvalue weighted by Gasteiger charge is -2.33. The number of fused-ring (bicyclic) bond motifs is 2. The fraction of sp³-hybridized carbons (Fsp3) is 0.458. The number of hydrogen-bond donors (Lipinski definition) is 2. The van der Waals surface area contributed by atoms with Crippen LogP contribution in [0.4, 0.5) is 5.00 Å². The Morgan fingerprint density at radius 3 is 2.81 bits per heavy atom. The van der Waals surface area contributed by atoms with Gasteiger partial charge >= 0.3 is 5.97 Å². The van der Waals surface area contributed by atoms with E-state index in [-0.39, 0.29) is 17.3 Å². The first-order chi connectivity index (χ1) is 15.3. The molecule has 1 aliphatic carbocycles. The molecule has 1 aromatic carbocycles. The summed E-state index contributed by atoms with van der Waals surface area (Å²) in [5, 5.41) is 4.40. The summed E-state index contributed by atoms with van der Waals surface area (Å²) in [6.45, 7) is 6.79. The summed E-state index contributed by atoms with van der Waals surface area (Å²) in [6, 6.07) is 7.86. The van der Waals surface area contributed by atoms with E-state index in [0.29, 0.717) is 28.7 Å². The molecule has 3 aromatic rings. The lowest BCUT2D eigenvalue weighted by atomic mass is 9.72.